The molecule has 0 radical (unpaired) electrons. The van der Waals surface area contributed by atoms with Crippen LogP contribution in [0, 0.1) is 17.0 Å². The average molecular weight is 532 g/mol. The third kappa shape index (κ3) is 4.95. The number of rotatable bonds is 4. The third-order valence-corrected chi connectivity index (χ3v) is 6.80. The van der Waals surface area contributed by atoms with E-state index < -0.39 is 45.7 Å². The molecule has 0 fully saturated rings. The molecule has 0 bridgehead atoms. The number of carbonyl (C=O) groups is 1. The topological polar surface area (TPSA) is 98.0 Å². The molecule has 4 rings (SSSR count). The molecule has 0 atom stereocenters. The van der Waals surface area contributed by atoms with Crippen molar-refractivity contribution in [3.05, 3.63) is 67.4 Å². The van der Waals surface area contributed by atoms with Gasteiger partial charge in [0.15, 0.2) is 11.6 Å². The van der Waals surface area contributed by atoms with E-state index in [0.717, 1.165) is 17.4 Å². The number of halogens is 6. The molecule has 0 aliphatic carbocycles. The maximum absolute atomic E-state index is 13.3. The van der Waals surface area contributed by atoms with Crippen LogP contribution in [0.25, 0.3) is 21.6 Å². The number of nitrogens with one attached hydrogen (secondary N) is 1. The Morgan fingerprint density at radius 2 is 1.66 bits per heavy atom. The van der Waals surface area contributed by atoms with Crippen molar-refractivity contribution in [1.29, 1.82) is 0 Å². The molecule has 35 heavy (non-hydrogen) atoms. The summed E-state index contributed by atoms with van der Waals surface area (Å²) < 4.78 is 80.2. The van der Waals surface area contributed by atoms with Crippen molar-refractivity contribution in [3.63, 3.8) is 0 Å². The van der Waals surface area contributed by atoms with E-state index in [1.165, 1.54) is 6.07 Å². The minimum absolute atomic E-state index is 0.00967. The van der Waals surface area contributed by atoms with Crippen LogP contribution in [0.2, 0.25) is 0 Å². The van der Waals surface area contributed by atoms with Crippen LogP contribution < -0.4 is 5.32 Å². The molecule has 1 amide bonds. The number of thiophene rings is 2. The Balaban J connectivity index is 1.85. The Bertz CT molecular complexity index is 1440. The average Bonchev–Trinajstić information content (AvgIpc) is 3.40. The Morgan fingerprint density at radius 1 is 1.03 bits per heavy atom. The quantitative estimate of drug-likeness (QED) is 0.175. The second kappa shape index (κ2) is 8.57. The van der Waals surface area contributed by atoms with Crippen LogP contribution in [0.1, 0.15) is 26.4 Å². The molecular formula is C20H10F6N4O3S2. The normalized spacial score (nSPS) is 12.2. The summed E-state index contributed by atoms with van der Waals surface area (Å²) in [7, 11) is 0. The van der Waals surface area contributed by atoms with E-state index in [0.29, 0.717) is 33.7 Å². The van der Waals surface area contributed by atoms with Crippen LogP contribution in [-0.2, 0) is 12.4 Å². The van der Waals surface area contributed by atoms with Crippen molar-refractivity contribution in [2.45, 2.75) is 19.3 Å². The highest BCUT2D eigenvalue weighted by Gasteiger charge is 2.37. The number of anilines is 1. The van der Waals surface area contributed by atoms with Crippen LogP contribution in [0.4, 0.5) is 37.2 Å². The summed E-state index contributed by atoms with van der Waals surface area (Å²) in [5.41, 5.74) is -2.85. The summed E-state index contributed by atoms with van der Waals surface area (Å²) >= 11 is 1.69. The maximum Gasteiger partial charge on any atom is 0.416 e. The fourth-order valence-corrected chi connectivity index (χ4v) is 4.70. The van der Waals surface area contributed by atoms with E-state index in [4.69, 9.17) is 0 Å². The van der Waals surface area contributed by atoms with Crippen LogP contribution in [0.5, 0.6) is 0 Å². The van der Waals surface area contributed by atoms with Crippen molar-refractivity contribution < 1.29 is 36.1 Å². The van der Waals surface area contributed by atoms with Gasteiger partial charge in [-0.2, -0.15) is 26.3 Å². The van der Waals surface area contributed by atoms with Gasteiger partial charge in [0.05, 0.1) is 31.1 Å². The molecular weight excluding hydrogens is 522 g/mol. The van der Waals surface area contributed by atoms with E-state index in [1.807, 2.05) is 0 Å². The summed E-state index contributed by atoms with van der Waals surface area (Å²) in [5.74, 6) is -1.42. The monoisotopic (exact) mass is 532 g/mol. The largest absolute Gasteiger partial charge is 0.416 e. The first kappa shape index (κ1) is 24.5. The van der Waals surface area contributed by atoms with E-state index in [1.54, 1.807) is 12.3 Å². The lowest BCUT2D eigenvalue weighted by atomic mass is 10.0. The molecule has 182 valence electrons. The lowest BCUT2D eigenvalue weighted by Crippen LogP contribution is -2.13. The number of hydrogen-bond donors (Lipinski definition) is 1. The first-order chi connectivity index (χ1) is 16.2. The predicted molar refractivity (Wildman–Crippen MR) is 117 cm³/mol. The Morgan fingerprint density at radius 3 is 2.20 bits per heavy atom. The van der Waals surface area contributed by atoms with Crippen LogP contribution >= 0.6 is 22.7 Å². The summed E-state index contributed by atoms with van der Waals surface area (Å²) in [6, 6.07) is 3.31. The molecule has 0 spiro atoms. The summed E-state index contributed by atoms with van der Waals surface area (Å²) in [5, 5.41) is 14.6. The van der Waals surface area contributed by atoms with E-state index in [-0.39, 0.29) is 27.3 Å². The molecule has 1 aromatic carbocycles. The number of carbonyl (C=O) groups excluding carboxylic acids is 1. The van der Waals surface area contributed by atoms with E-state index in [9.17, 15) is 41.3 Å². The number of nitro groups is 1. The Hall–Kier alpha value is -3.59. The number of aromatic nitrogens is 2. The van der Waals surface area contributed by atoms with Gasteiger partial charge in [0, 0.05) is 11.6 Å². The van der Waals surface area contributed by atoms with E-state index in [2.05, 4.69) is 15.3 Å². The fourth-order valence-electron chi connectivity index (χ4n) is 3.05. The van der Waals surface area contributed by atoms with Gasteiger partial charge >= 0.3 is 17.4 Å². The zero-order chi connectivity index (χ0) is 25.7. The highest BCUT2D eigenvalue weighted by molar-refractivity contribution is 7.18. The summed E-state index contributed by atoms with van der Waals surface area (Å²) in [4.78, 5) is 31.0. The first-order valence-electron chi connectivity index (χ1n) is 9.35. The third-order valence-electron chi connectivity index (χ3n) is 4.67. The smallest absolute Gasteiger partial charge is 0.305 e. The van der Waals surface area contributed by atoms with Gasteiger partial charge in [-0.15, -0.1) is 11.3 Å². The van der Waals surface area contributed by atoms with Gasteiger partial charge in [-0.1, -0.05) is 11.3 Å². The molecule has 3 aromatic heterocycles. The van der Waals surface area contributed by atoms with Crippen LogP contribution in [-0.4, -0.2) is 20.8 Å². The van der Waals surface area contributed by atoms with Crippen LogP contribution in [0.3, 0.4) is 0 Å². The molecule has 0 aliphatic heterocycles. The van der Waals surface area contributed by atoms with Gasteiger partial charge in [0.1, 0.15) is 0 Å². The standard InChI is InChI=1S/C20H10F6N4O3S2/c1-8-7-34-15-14(8)27-16(9-4-10(19(21,22)23)6-11(5-9)20(24,25)26)28-17(15)29-18(31)12-2-3-13(35-12)30(32)33/h2-7H,1H3,(H,27,28,29,31). The highest BCUT2D eigenvalue weighted by atomic mass is 32.1. The lowest BCUT2D eigenvalue weighted by Gasteiger charge is -2.14. The zero-order valence-corrected chi connectivity index (χ0v) is 18.7. The van der Waals surface area contributed by atoms with Crippen molar-refractivity contribution in [2.75, 3.05) is 5.32 Å². The van der Waals surface area contributed by atoms with Gasteiger partial charge < -0.3 is 5.32 Å². The number of alkyl halides is 6. The molecule has 4 aromatic rings. The summed E-state index contributed by atoms with van der Waals surface area (Å²) in [6.45, 7) is 1.62. The molecule has 15 heteroatoms. The fraction of sp³-hybridized carbons (Fsp3) is 0.150. The van der Waals surface area contributed by atoms with E-state index >= 15 is 0 Å². The maximum atomic E-state index is 13.3. The first-order valence-corrected chi connectivity index (χ1v) is 11.0. The molecule has 1 N–H and O–H groups in total. The molecule has 0 aliphatic rings. The van der Waals surface area contributed by atoms with Gasteiger partial charge in [-0.25, -0.2) is 9.97 Å². The molecule has 0 unspecified atom stereocenters. The SMILES string of the molecule is Cc1csc2c(NC(=O)c3ccc([N+](=O)[O-])s3)nc(-c3cc(C(F)(F)F)cc(C(F)(F)F)c3)nc12. The molecule has 3 heterocycles. The Labute approximate surface area is 199 Å². The second-order valence-corrected chi connectivity index (χ2v) is 9.08. The number of amides is 1. The number of nitrogens with zero attached hydrogens (tertiary/aromatic N) is 3. The molecule has 0 saturated heterocycles. The van der Waals surface area contributed by atoms with Gasteiger partial charge in [-0.05, 0) is 42.1 Å². The predicted octanol–water partition coefficient (Wildman–Crippen LogP) is 6.93. The number of aryl methyl sites for hydroxylation is 1. The second-order valence-electron chi connectivity index (χ2n) is 7.14. The van der Waals surface area contributed by atoms with Gasteiger partial charge in [-0.3, -0.25) is 14.9 Å². The minimum Gasteiger partial charge on any atom is -0.305 e. The van der Waals surface area contributed by atoms with Crippen molar-refractivity contribution >= 4 is 49.6 Å². The number of benzene rings is 1. The lowest BCUT2D eigenvalue weighted by molar-refractivity contribution is -0.380. The zero-order valence-electron chi connectivity index (χ0n) is 17.1. The number of hydrogen-bond acceptors (Lipinski definition) is 7. The molecule has 7 nitrogen and oxygen atoms in total. The number of fused-ring (bicyclic) bond motifs is 1. The highest BCUT2D eigenvalue weighted by Crippen LogP contribution is 2.39. The van der Waals surface area contributed by atoms with Crippen molar-refractivity contribution in [3.8, 4) is 11.4 Å². The van der Waals surface area contributed by atoms with Crippen molar-refractivity contribution in [1.82, 2.24) is 9.97 Å². The minimum atomic E-state index is -5.07. The Kier molecular flexibility index (Phi) is 6.00. The van der Waals surface area contributed by atoms with Crippen molar-refractivity contribution in [2.24, 2.45) is 0 Å². The van der Waals surface area contributed by atoms with Gasteiger partial charge in [0.2, 0.25) is 0 Å². The van der Waals surface area contributed by atoms with Gasteiger partial charge in [0.25, 0.3) is 5.91 Å². The summed E-state index contributed by atoms with van der Waals surface area (Å²) in [6.07, 6.45) is -10.1. The van der Waals surface area contributed by atoms with Crippen LogP contribution in [0.15, 0.2) is 35.7 Å². The molecule has 0 saturated carbocycles.